The van der Waals surface area contributed by atoms with E-state index < -0.39 is 52.7 Å². The SMILES string of the molecule is CC#Cc1occc1C1CC2(C)C(CCC3(C)C(C(=O)OC)CC(OC(=O)CBr)C(=O)C32)C(=O)O1. The van der Waals surface area contributed by atoms with E-state index in [0.717, 1.165) is 0 Å². The Morgan fingerprint density at radius 1 is 1.26 bits per heavy atom. The maximum Gasteiger partial charge on any atom is 0.317 e. The standard InChI is InChI=1S/C26H29BrO8/c1-5-6-17-14(8-10-33-17)19-12-26(3)15(24(31)35-19)7-9-25(2)16(23(30)32-4)11-18(21(29)22(25)26)34-20(28)13-27/h8,10,15-16,18-19,22H,7,9,11-13H2,1-4H3. The lowest BCUT2D eigenvalue weighted by Gasteiger charge is -2.61. The van der Waals surface area contributed by atoms with Crippen LogP contribution in [0, 0.1) is 40.4 Å². The molecular formula is C26H29BrO8. The first kappa shape index (κ1) is 25.5. The first-order valence-corrected chi connectivity index (χ1v) is 12.8. The molecule has 0 aromatic carbocycles. The summed E-state index contributed by atoms with van der Waals surface area (Å²) in [6.07, 6.45) is 1.11. The highest BCUT2D eigenvalue weighted by Gasteiger charge is 2.68. The monoisotopic (exact) mass is 548 g/mol. The van der Waals surface area contributed by atoms with Crippen molar-refractivity contribution in [1.82, 2.24) is 0 Å². The maximum atomic E-state index is 14.0. The zero-order valence-electron chi connectivity index (χ0n) is 20.2. The van der Waals surface area contributed by atoms with Gasteiger partial charge in [-0.3, -0.25) is 19.2 Å². The number of carbonyl (C=O) groups is 4. The van der Waals surface area contributed by atoms with E-state index in [-0.39, 0.29) is 23.5 Å². The van der Waals surface area contributed by atoms with Crippen LogP contribution in [0.2, 0.25) is 0 Å². The Morgan fingerprint density at radius 2 is 2.00 bits per heavy atom. The van der Waals surface area contributed by atoms with Crippen molar-refractivity contribution in [2.24, 2.45) is 28.6 Å². The van der Waals surface area contributed by atoms with Gasteiger partial charge in [0.2, 0.25) is 0 Å². The van der Waals surface area contributed by atoms with Crippen molar-refractivity contribution in [2.45, 2.75) is 58.7 Å². The third kappa shape index (κ3) is 4.10. The summed E-state index contributed by atoms with van der Waals surface area (Å²) < 4.78 is 21.9. The molecule has 8 nitrogen and oxygen atoms in total. The molecule has 3 fully saturated rings. The molecule has 0 amide bonds. The molecule has 2 aliphatic carbocycles. The van der Waals surface area contributed by atoms with Crippen LogP contribution in [0.15, 0.2) is 16.7 Å². The van der Waals surface area contributed by atoms with E-state index in [9.17, 15) is 19.2 Å². The number of rotatable bonds is 4. The van der Waals surface area contributed by atoms with Gasteiger partial charge in [0, 0.05) is 17.9 Å². The zero-order valence-corrected chi connectivity index (χ0v) is 21.8. The fourth-order valence-electron chi connectivity index (χ4n) is 6.77. The predicted molar refractivity (Wildman–Crippen MR) is 126 cm³/mol. The molecule has 4 rings (SSSR count). The molecule has 0 radical (unpaired) electrons. The van der Waals surface area contributed by atoms with Crippen LogP contribution in [-0.2, 0) is 33.4 Å². The molecule has 0 spiro atoms. The summed E-state index contributed by atoms with van der Waals surface area (Å²) in [6.45, 7) is 5.52. The molecule has 1 aromatic heterocycles. The van der Waals surface area contributed by atoms with E-state index in [0.29, 0.717) is 30.6 Å². The number of esters is 3. The minimum atomic E-state index is -1.09. The molecule has 7 atom stereocenters. The highest BCUT2D eigenvalue weighted by Crippen LogP contribution is 2.65. The lowest BCUT2D eigenvalue weighted by Crippen LogP contribution is -2.64. The van der Waals surface area contributed by atoms with Crippen LogP contribution in [0.4, 0.5) is 0 Å². The van der Waals surface area contributed by atoms with Gasteiger partial charge < -0.3 is 18.6 Å². The van der Waals surface area contributed by atoms with E-state index in [1.54, 1.807) is 13.0 Å². The van der Waals surface area contributed by atoms with Gasteiger partial charge >= 0.3 is 17.9 Å². The Labute approximate surface area is 212 Å². The molecule has 0 bridgehead atoms. The number of hydrogen-bond donors (Lipinski definition) is 0. The Kier molecular flexibility index (Phi) is 6.89. The third-order valence-corrected chi connectivity index (χ3v) is 8.71. The molecule has 9 heteroatoms. The summed E-state index contributed by atoms with van der Waals surface area (Å²) in [7, 11) is 1.31. The fraction of sp³-hybridized carbons (Fsp3) is 0.615. The summed E-state index contributed by atoms with van der Waals surface area (Å²) >= 11 is 3.06. The molecule has 35 heavy (non-hydrogen) atoms. The molecule has 3 aliphatic rings. The van der Waals surface area contributed by atoms with Crippen molar-refractivity contribution in [3.05, 3.63) is 23.7 Å². The van der Waals surface area contributed by atoms with Gasteiger partial charge in [0.1, 0.15) is 11.4 Å². The van der Waals surface area contributed by atoms with Crippen LogP contribution in [-0.4, -0.2) is 42.2 Å². The van der Waals surface area contributed by atoms with Crippen molar-refractivity contribution in [2.75, 3.05) is 12.4 Å². The second kappa shape index (κ2) is 9.45. The molecule has 1 saturated heterocycles. The van der Waals surface area contributed by atoms with Gasteiger partial charge in [0.05, 0.1) is 25.2 Å². The van der Waals surface area contributed by atoms with E-state index in [1.165, 1.54) is 13.4 Å². The number of fused-ring (bicyclic) bond motifs is 3. The van der Waals surface area contributed by atoms with Crippen molar-refractivity contribution in [3.63, 3.8) is 0 Å². The Balaban J connectivity index is 1.79. The van der Waals surface area contributed by atoms with Crippen molar-refractivity contribution >= 4 is 39.6 Å². The molecule has 2 heterocycles. The maximum absolute atomic E-state index is 14.0. The summed E-state index contributed by atoms with van der Waals surface area (Å²) in [5.41, 5.74) is -0.962. The van der Waals surface area contributed by atoms with Crippen LogP contribution in [0.25, 0.3) is 0 Å². The van der Waals surface area contributed by atoms with E-state index in [1.807, 2.05) is 13.8 Å². The van der Waals surface area contributed by atoms with E-state index >= 15 is 0 Å². The molecule has 0 N–H and O–H groups in total. The minimum absolute atomic E-state index is 0.0594. The number of cyclic esters (lactones) is 1. The van der Waals surface area contributed by atoms with Gasteiger partial charge in [0.25, 0.3) is 0 Å². The Bertz CT molecular complexity index is 1110. The lowest BCUT2D eigenvalue weighted by atomic mass is 9.43. The number of hydrogen-bond acceptors (Lipinski definition) is 8. The number of Topliss-reactive ketones (excluding diaryl/α,β-unsaturated/α-hetero) is 1. The van der Waals surface area contributed by atoms with Gasteiger partial charge in [-0.1, -0.05) is 35.7 Å². The molecule has 1 aliphatic heterocycles. The predicted octanol–water partition coefficient (Wildman–Crippen LogP) is 3.75. The first-order valence-electron chi connectivity index (χ1n) is 11.7. The first-order chi connectivity index (χ1) is 16.6. The highest BCUT2D eigenvalue weighted by atomic mass is 79.9. The van der Waals surface area contributed by atoms with Crippen molar-refractivity contribution < 1.29 is 37.8 Å². The normalized spacial score (nSPS) is 36.1. The molecule has 7 unspecified atom stereocenters. The van der Waals surface area contributed by atoms with Gasteiger partial charge in [-0.05, 0) is 49.0 Å². The second-order valence-corrected chi connectivity index (χ2v) is 10.6. The van der Waals surface area contributed by atoms with Crippen molar-refractivity contribution in [1.29, 1.82) is 0 Å². The minimum Gasteiger partial charge on any atom is -0.469 e. The van der Waals surface area contributed by atoms with E-state index in [2.05, 4.69) is 27.8 Å². The summed E-state index contributed by atoms with van der Waals surface area (Å²) in [5, 5.41) is -0.0718. The third-order valence-electron chi connectivity index (χ3n) is 8.25. The number of methoxy groups -OCH3 is 1. The quantitative estimate of drug-likeness (QED) is 0.242. The molecule has 188 valence electrons. The number of ketones is 1. The number of alkyl halides is 1. The second-order valence-electron chi connectivity index (χ2n) is 10.1. The number of furan rings is 1. The van der Waals surface area contributed by atoms with Crippen molar-refractivity contribution in [3.8, 4) is 11.8 Å². The average Bonchev–Trinajstić information content (AvgIpc) is 3.28. The van der Waals surface area contributed by atoms with E-state index in [4.69, 9.17) is 18.6 Å². The number of halogens is 1. The number of ether oxygens (including phenoxy) is 3. The smallest absolute Gasteiger partial charge is 0.317 e. The lowest BCUT2D eigenvalue weighted by molar-refractivity contribution is -0.210. The van der Waals surface area contributed by atoms with Crippen LogP contribution in [0.1, 0.15) is 63.9 Å². The molecule has 1 aromatic rings. The largest absolute Gasteiger partial charge is 0.469 e. The highest BCUT2D eigenvalue weighted by molar-refractivity contribution is 9.09. The van der Waals surface area contributed by atoms with Crippen LogP contribution in [0.3, 0.4) is 0 Å². The van der Waals surface area contributed by atoms with Gasteiger partial charge in [0.15, 0.2) is 17.6 Å². The summed E-state index contributed by atoms with van der Waals surface area (Å²) in [6, 6.07) is 1.73. The number of carbonyl (C=O) groups excluding carboxylic acids is 4. The van der Waals surface area contributed by atoms with Crippen LogP contribution in [0.5, 0.6) is 0 Å². The Hall–Kier alpha value is -2.60. The average molecular weight is 549 g/mol. The van der Waals surface area contributed by atoms with Gasteiger partial charge in [-0.25, -0.2) is 0 Å². The molecule has 2 saturated carbocycles. The fourth-order valence-corrected chi connectivity index (χ4v) is 6.90. The van der Waals surface area contributed by atoms with Crippen LogP contribution >= 0.6 is 15.9 Å². The summed E-state index contributed by atoms with van der Waals surface area (Å²) in [4.78, 5) is 52.3. The Morgan fingerprint density at radius 3 is 2.66 bits per heavy atom. The molecular weight excluding hydrogens is 520 g/mol. The summed E-state index contributed by atoms with van der Waals surface area (Å²) in [5.74, 6) is 2.51. The zero-order chi connectivity index (χ0) is 25.5. The van der Waals surface area contributed by atoms with Gasteiger partial charge in [-0.15, -0.1) is 0 Å². The topological polar surface area (TPSA) is 109 Å². The van der Waals surface area contributed by atoms with Crippen LogP contribution < -0.4 is 0 Å². The van der Waals surface area contributed by atoms with Gasteiger partial charge in [-0.2, -0.15) is 0 Å².